The van der Waals surface area contributed by atoms with Crippen LogP contribution in [0.1, 0.15) is 5.56 Å². The van der Waals surface area contributed by atoms with E-state index >= 15 is 0 Å². The van der Waals surface area contributed by atoms with E-state index in [1.807, 2.05) is 49.7 Å². The van der Waals surface area contributed by atoms with Crippen LogP contribution in [0.5, 0.6) is 0 Å². The Kier molecular flexibility index (Phi) is 5.81. The van der Waals surface area contributed by atoms with Crippen molar-refractivity contribution in [2.75, 3.05) is 20.7 Å². The van der Waals surface area contributed by atoms with Crippen molar-refractivity contribution in [1.29, 1.82) is 0 Å². The molecule has 0 aliphatic heterocycles. The van der Waals surface area contributed by atoms with Gasteiger partial charge >= 0.3 is 12.1 Å². The Morgan fingerprint density at radius 2 is 1.95 bits per heavy atom. The third kappa shape index (κ3) is 5.87. The molecule has 0 radical (unpaired) electrons. The van der Waals surface area contributed by atoms with Gasteiger partial charge in [0.2, 0.25) is 0 Å². The Balaban J connectivity index is 2.50. The number of ether oxygens (including phenoxy) is 1. The van der Waals surface area contributed by atoms with Crippen LogP contribution in [0.2, 0.25) is 0 Å². The summed E-state index contributed by atoms with van der Waals surface area (Å²) in [5, 5.41) is 1.87. The molecule has 0 bridgehead atoms. The maximum Gasteiger partial charge on any atom is 0.415 e. The summed E-state index contributed by atoms with van der Waals surface area (Å²) in [6, 6.07) is 9.15. The molecule has 0 aliphatic rings. The molecule has 1 rings (SSSR count). The number of nitrogens with two attached hydrogens (primary N) is 1. The molecule has 6 nitrogen and oxygen atoms in total. The lowest BCUT2D eigenvalue weighted by Gasteiger charge is -2.21. The van der Waals surface area contributed by atoms with E-state index in [-0.39, 0.29) is 12.6 Å². The Bertz CT molecular complexity index is 420. The van der Waals surface area contributed by atoms with Crippen molar-refractivity contribution in [3.05, 3.63) is 35.9 Å². The molecule has 1 aromatic carbocycles. The van der Waals surface area contributed by atoms with Crippen molar-refractivity contribution in [2.45, 2.75) is 12.5 Å². The number of alkyl carbamates (subject to hydrolysis) is 1. The molecule has 0 saturated carbocycles. The lowest BCUT2D eigenvalue weighted by Crippen LogP contribution is -3.11. The van der Waals surface area contributed by atoms with Crippen molar-refractivity contribution in [2.24, 2.45) is 5.73 Å². The van der Waals surface area contributed by atoms with Crippen molar-refractivity contribution >= 4 is 12.1 Å². The molecule has 0 unspecified atom stereocenters. The Hall–Kier alpha value is -2.08. The summed E-state index contributed by atoms with van der Waals surface area (Å²) < 4.78 is 4.98. The number of nitrogens with one attached hydrogen (secondary N) is 2. The largest absolute Gasteiger partial charge is 0.443 e. The fourth-order valence-corrected chi connectivity index (χ4v) is 1.64. The molecule has 0 spiro atoms. The number of amides is 3. The van der Waals surface area contributed by atoms with Crippen LogP contribution in [0.25, 0.3) is 0 Å². The number of hydrogen-bond acceptors (Lipinski definition) is 3. The Labute approximate surface area is 112 Å². The van der Waals surface area contributed by atoms with Crippen LogP contribution < -0.4 is 16.0 Å². The van der Waals surface area contributed by atoms with Crippen molar-refractivity contribution in [1.82, 2.24) is 5.32 Å². The van der Waals surface area contributed by atoms with E-state index in [0.717, 1.165) is 11.3 Å². The van der Waals surface area contributed by atoms with Gasteiger partial charge in [0.25, 0.3) is 0 Å². The number of carbonyl (C=O) groups excluding carboxylic acids is 2. The maximum absolute atomic E-state index is 11.2. The van der Waals surface area contributed by atoms with Gasteiger partial charge in [-0.15, -0.1) is 0 Å². The van der Waals surface area contributed by atoms with E-state index < -0.39 is 12.1 Å². The molecule has 0 fully saturated rings. The molecule has 0 aromatic heterocycles. The molecule has 1 aromatic rings. The second kappa shape index (κ2) is 7.38. The Morgan fingerprint density at radius 3 is 2.47 bits per heavy atom. The predicted molar refractivity (Wildman–Crippen MR) is 70.8 cm³/mol. The first kappa shape index (κ1) is 15.0. The van der Waals surface area contributed by atoms with Gasteiger partial charge < -0.3 is 15.4 Å². The highest BCUT2D eigenvalue weighted by Gasteiger charge is 2.18. The van der Waals surface area contributed by atoms with Crippen LogP contribution in [-0.2, 0) is 11.2 Å². The summed E-state index contributed by atoms with van der Waals surface area (Å²) in [5.41, 5.74) is 6.00. The zero-order valence-electron chi connectivity index (χ0n) is 11.2. The number of urea groups is 1. The Morgan fingerprint density at radius 1 is 1.32 bits per heavy atom. The monoisotopic (exact) mass is 266 g/mol. The van der Waals surface area contributed by atoms with Crippen LogP contribution in [0.15, 0.2) is 30.3 Å². The molecular formula is C13H20N3O3+. The van der Waals surface area contributed by atoms with Crippen LogP contribution in [0, 0.1) is 0 Å². The SMILES string of the molecule is C[NH+](C)[C@@H](COC(=O)NC(N)=O)Cc1ccccc1. The average molecular weight is 266 g/mol. The van der Waals surface area contributed by atoms with Gasteiger partial charge in [0.15, 0.2) is 0 Å². The molecule has 0 saturated heterocycles. The van der Waals surface area contributed by atoms with E-state index in [1.54, 1.807) is 0 Å². The average Bonchev–Trinajstić information content (AvgIpc) is 2.34. The van der Waals surface area contributed by atoms with Crippen molar-refractivity contribution < 1.29 is 19.2 Å². The summed E-state index contributed by atoms with van der Waals surface area (Å²) in [7, 11) is 3.98. The number of likely N-dealkylation sites (N-methyl/N-ethyl adjacent to an activating group) is 1. The van der Waals surface area contributed by atoms with Gasteiger partial charge in [-0.25, -0.2) is 14.9 Å². The quantitative estimate of drug-likeness (QED) is 0.674. The van der Waals surface area contributed by atoms with Crippen LogP contribution in [-0.4, -0.2) is 38.9 Å². The minimum Gasteiger partial charge on any atom is -0.443 e. The molecule has 19 heavy (non-hydrogen) atoms. The zero-order valence-corrected chi connectivity index (χ0v) is 11.2. The number of carbonyl (C=O) groups is 2. The first-order chi connectivity index (χ1) is 8.99. The number of hydrogen-bond donors (Lipinski definition) is 3. The van der Waals surface area contributed by atoms with E-state index in [1.165, 1.54) is 5.56 Å². The minimum absolute atomic E-state index is 0.112. The van der Waals surface area contributed by atoms with Gasteiger partial charge in [-0.1, -0.05) is 30.3 Å². The topological polar surface area (TPSA) is 85.9 Å². The fourth-order valence-electron chi connectivity index (χ4n) is 1.64. The summed E-state index contributed by atoms with van der Waals surface area (Å²) in [6.45, 7) is 0.219. The minimum atomic E-state index is -0.915. The molecule has 1 atom stereocenters. The fraction of sp³-hybridized carbons (Fsp3) is 0.385. The van der Waals surface area contributed by atoms with Crippen LogP contribution in [0.4, 0.5) is 9.59 Å². The van der Waals surface area contributed by atoms with Gasteiger partial charge in [0.05, 0.1) is 14.1 Å². The third-order valence-corrected chi connectivity index (χ3v) is 2.78. The van der Waals surface area contributed by atoms with Gasteiger partial charge in [-0.3, -0.25) is 0 Å². The number of imide groups is 1. The molecule has 0 aliphatic carbocycles. The van der Waals surface area contributed by atoms with E-state index in [9.17, 15) is 9.59 Å². The summed E-state index contributed by atoms with van der Waals surface area (Å²) >= 11 is 0. The van der Waals surface area contributed by atoms with Gasteiger partial charge in [0.1, 0.15) is 12.6 Å². The molecule has 6 heteroatoms. The molecule has 4 N–H and O–H groups in total. The highest BCUT2D eigenvalue weighted by molar-refractivity contribution is 5.89. The van der Waals surface area contributed by atoms with Gasteiger partial charge in [-0.05, 0) is 5.56 Å². The van der Waals surface area contributed by atoms with Crippen molar-refractivity contribution in [3.8, 4) is 0 Å². The highest BCUT2D eigenvalue weighted by Crippen LogP contribution is 2.02. The summed E-state index contributed by atoms with van der Waals surface area (Å²) in [5.74, 6) is 0. The summed E-state index contributed by atoms with van der Waals surface area (Å²) in [4.78, 5) is 22.8. The van der Waals surface area contributed by atoms with Crippen molar-refractivity contribution in [3.63, 3.8) is 0 Å². The number of benzene rings is 1. The molecule has 0 heterocycles. The molecule has 3 amide bonds. The normalized spacial score (nSPS) is 11.9. The number of rotatable bonds is 5. The highest BCUT2D eigenvalue weighted by atomic mass is 16.5. The smallest absolute Gasteiger partial charge is 0.415 e. The second-order valence-electron chi connectivity index (χ2n) is 4.55. The van der Waals surface area contributed by atoms with E-state index in [2.05, 4.69) is 0 Å². The predicted octanol–water partition coefficient (Wildman–Crippen LogP) is -0.453. The lowest BCUT2D eigenvalue weighted by molar-refractivity contribution is -0.885. The van der Waals surface area contributed by atoms with Gasteiger partial charge in [0, 0.05) is 6.42 Å². The van der Waals surface area contributed by atoms with E-state index in [4.69, 9.17) is 10.5 Å². The standard InChI is InChI=1S/C13H19N3O3/c1-16(2)11(8-10-6-4-3-5-7-10)9-19-13(18)15-12(14)17/h3-7,11H,8-9H2,1-2H3,(H3,14,15,17,18)/p+1/t11-/m1/s1. The molecule has 104 valence electrons. The van der Waals surface area contributed by atoms with E-state index in [0.29, 0.717) is 0 Å². The first-order valence-electron chi connectivity index (χ1n) is 6.06. The molecular weight excluding hydrogens is 246 g/mol. The maximum atomic E-state index is 11.2. The first-order valence-corrected chi connectivity index (χ1v) is 6.06. The zero-order chi connectivity index (χ0) is 14.3. The number of primary amides is 1. The van der Waals surface area contributed by atoms with Gasteiger partial charge in [-0.2, -0.15) is 0 Å². The van der Waals surface area contributed by atoms with Crippen LogP contribution >= 0.6 is 0 Å². The second-order valence-corrected chi connectivity index (χ2v) is 4.55. The number of quaternary nitrogens is 1. The lowest BCUT2D eigenvalue weighted by atomic mass is 10.1. The summed E-state index contributed by atoms with van der Waals surface area (Å²) in [6.07, 6.45) is -0.0284. The van der Waals surface area contributed by atoms with Crippen LogP contribution in [0.3, 0.4) is 0 Å². The third-order valence-electron chi connectivity index (χ3n) is 2.78.